The molecular formula is C37H55NO5. The highest BCUT2D eigenvalue weighted by Gasteiger charge is 2.56. The Morgan fingerprint density at radius 1 is 0.674 bits per heavy atom. The van der Waals surface area contributed by atoms with Crippen LogP contribution in [0.15, 0.2) is 49.6 Å². The van der Waals surface area contributed by atoms with Crippen molar-refractivity contribution in [3.8, 4) is 0 Å². The minimum Gasteiger partial charge on any atom is -0.393 e. The van der Waals surface area contributed by atoms with Crippen LogP contribution in [0.4, 0.5) is 0 Å². The molecule has 6 heteroatoms. The molecule has 43 heavy (non-hydrogen) atoms. The van der Waals surface area contributed by atoms with Gasteiger partial charge in [0.1, 0.15) is 0 Å². The van der Waals surface area contributed by atoms with Crippen molar-refractivity contribution in [1.82, 2.24) is 4.90 Å². The van der Waals surface area contributed by atoms with Crippen molar-refractivity contribution in [3.63, 3.8) is 0 Å². The quantitative estimate of drug-likeness (QED) is 0.102. The molecule has 10 atom stereocenters. The SMILES string of the molecule is C=C[C@H]1C[C@@H](/C=C/CC(C)CC(C)C)[C@@H]2C(=O)N(C)C(=O)[C@@H]21.C=C[C@H]1C[C@@H](/C=C/CC(C)CC(C)C)[C@@H]2C(=O)OC(=O)[C@@H]21. The fraction of sp³-hybridized carbons (Fsp3) is 0.676. The lowest BCUT2D eigenvalue weighted by Crippen LogP contribution is -2.29. The topological polar surface area (TPSA) is 80.8 Å². The summed E-state index contributed by atoms with van der Waals surface area (Å²) in [7, 11) is 1.61. The number of hydrogen-bond donors (Lipinski definition) is 0. The van der Waals surface area contributed by atoms with Gasteiger partial charge in [-0.25, -0.2) is 0 Å². The van der Waals surface area contributed by atoms with Gasteiger partial charge in [0.15, 0.2) is 0 Å². The summed E-state index contributed by atoms with van der Waals surface area (Å²) in [6.45, 7) is 21.1. The standard InChI is InChI=1S/C19H29NO2.C18H26O3/c1-6-14-11-15(9-7-8-13(4)10-12(2)3)17-16(14)18(21)20(5)19(17)22;1-5-13-10-14(8-6-7-12(4)9-11(2)3)16-15(13)17(19)21-18(16)20/h6-7,9,12-17H,1,8,10-11H2,2-5H3;5-6,8,11-16H,1,7,9-10H2,2-4H3/b9-7+;8-6+/t13?,14-,15+,16+,17-;12?,13-,14+,15+,16-/m00/s1. The van der Waals surface area contributed by atoms with E-state index in [0.29, 0.717) is 23.7 Å². The van der Waals surface area contributed by atoms with Gasteiger partial charge >= 0.3 is 11.9 Å². The smallest absolute Gasteiger partial charge is 0.318 e. The lowest BCUT2D eigenvalue weighted by Gasteiger charge is -2.15. The van der Waals surface area contributed by atoms with Gasteiger partial charge in [-0.05, 0) is 85.9 Å². The van der Waals surface area contributed by atoms with Crippen molar-refractivity contribution in [2.45, 2.75) is 80.1 Å². The van der Waals surface area contributed by atoms with E-state index in [1.807, 2.05) is 6.08 Å². The van der Waals surface area contributed by atoms with Gasteiger partial charge < -0.3 is 4.74 Å². The van der Waals surface area contributed by atoms with Crippen LogP contribution in [0.25, 0.3) is 0 Å². The van der Waals surface area contributed by atoms with Crippen LogP contribution in [0.2, 0.25) is 0 Å². The van der Waals surface area contributed by atoms with Crippen LogP contribution in [-0.2, 0) is 23.9 Å². The molecular weight excluding hydrogens is 538 g/mol. The number of rotatable bonds is 12. The first-order chi connectivity index (χ1) is 20.3. The van der Waals surface area contributed by atoms with E-state index in [9.17, 15) is 19.2 Å². The average molecular weight is 594 g/mol. The van der Waals surface area contributed by atoms with E-state index < -0.39 is 0 Å². The highest BCUT2D eigenvalue weighted by Crippen LogP contribution is 2.49. The number of nitrogens with zero attached hydrogens (tertiary/aromatic N) is 1. The molecule has 2 amide bonds. The Morgan fingerprint density at radius 2 is 1.05 bits per heavy atom. The molecule has 0 aromatic heterocycles. The van der Waals surface area contributed by atoms with Crippen molar-refractivity contribution in [2.75, 3.05) is 7.05 Å². The van der Waals surface area contributed by atoms with E-state index in [4.69, 9.17) is 4.74 Å². The largest absolute Gasteiger partial charge is 0.393 e. The number of cyclic esters (lactones) is 2. The minimum absolute atomic E-state index is 0.00997. The molecule has 0 bridgehead atoms. The van der Waals surface area contributed by atoms with Crippen LogP contribution in [0.5, 0.6) is 0 Å². The number of imide groups is 1. The lowest BCUT2D eigenvalue weighted by atomic mass is 9.88. The van der Waals surface area contributed by atoms with Crippen molar-refractivity contribution in [2.24, 2.45) is 71.0 Å². The van der Waals surface area contributed by atoms with Crippen LogP contribution in [0.1, 0.15) is 80.1 Å². The fourth-order valence-corrected chi connectivity index (χ4v) is 8.04. The number of allylic oxidation sites excluding steroid dienone is 6. The van der Waals surface area contributed by atoms with Crippen LogP contribution < -0.4 is 0 Å². The Hall–Kier alpha value is -2.76. The van der Waals surface area contributed by atoms with Gasteiger partial charge in [-0.3, -0.25) is 24.1 Å². The van der Waals surface area contributed by atoms with Crippen LogP contribution >= 0.6 is 0 Å². The summed E-state index contributed by atoms with van der Waals surface area (Å²) in [5, 5.41) is 0. The third-order valence-electron chi connectivity index (χ3n) is 9.88. The Balaban J connectivity index is 0.000000236. The van der Waals surface area contributed by atoms with E-state index in [0.717, 1.165) is 25.7 Å². The number of fused-ring (bicyclic) bond motifs is 2. The Labute approximate surface area is 260 Å². The zero-order valence-electron chi connectivity index (χ0n) is 27.5. The monoisotopic (exact) mass is 593 g/mol. The number of carbonyl (C=O) groups is 4. The molecule has 6 nitrogen and oxygen atoms in total. The number of carbonyl (C=O) groups excluding carboxylic acids is 4. The van der Waals surface area contributed by atoms with Crippen molar-refractivity contribution in [1.29, 1.82) is 0 Å². The number of ether oxygens (including phenoxy) is 1. The van der Waals surface area contributed by atoms with Gasteiger partial charge in [0, 0.05) is 7.05 Å². The molecule has 2 aliphatic heterocycles. The second kappa shape index (κ2) is 15.3. The van der Waals surface area contributed by atoms with Crippen molar-refractivity contribution in [3.05, 3.63) is 49.6 Å². The third kappa shape index (κ3) is 8.25. The van der Waals surface area contributed by atoms with E-state index in [1.54, 1.807) is 13.1 Å². The van der Waals surface area contributed by atoms with Crippen LogP contribution in [0, 0.1) is 71.0 Å². The van der Waals surface area contributed by atoms with E-state index >= 15 is 0 Å². The Morgan fingerprint density at radius 3 is 1.47 bits per heavy atom. The van der Waals surface area contributed by atoms with Gasteiger partial charge in [-0.15, -0.1) is 13.2 Å². The van der Waals surface area contributed by atoms with Crippen LogP contribution in [-0.4, -0.2) is 35.7 Å². The number of hydrogen-bond acceptors (Lipinski definition) is 5. The fourth-order valence-electron chi connectivity index (χ4n) is 8.04. The number of likely N-dealkylation sites (tertiary alicyclic amines) is 1. The predicted molar refractivity (Wildman–Crippen MR) is 171 cm³/mol. The molecule has 4 fully saturated rings. The predicted octanol–water partition coefficient (Wildman–Crippen LogP) is 7.42. The maximum absolute atomic E-state index is 12.3. The molecule has 4 aliphatic rings. The molecule has 2 aliphatic carbocycles. The van der Waals surface area contributed by atoms with Gasteiger partial charge in [0.2, 0.25) is 11.8 Å². The van der Waals surface area contributed by atoms with Crippen molar-refractivity contribution >= 4 is 23.8 Å². The Kier molecular flexibility index (Phi) is 12.4. The summed E-state index contributed by atoms with van der Waals surface area (Å²) >= 11 is 0. The summed E-state index contributed by atoms with van der Waals surface area (Å²) in [4.78, 5) is 49.5. The first kappa shape index (κ1) is 34.7. The molecule has 4 rings (SSSR count). The second-order valence-corrected chi connectivity index (χ2v) is 14.5. The molecule has 2 saturated heterocycles. The minimum atomic E-state index is -0.362. The molecule has 2 heterocycles. The summed E-state index contributed by atoms with van der Waals surface area (Å²) in [5.41, 5.74) is 0. The maximum atomic E-state index is 12.3. The zero-order valence-corrected chi connectivity index (χ0v) is 27.5. The van der Waals surface area contributed by atoms with E-state index in [-0.39, 0.29) is 71.1 Å². The first-order valence-electron chi connectivity index (χ1n) is 16.5. The molecule has 0 radical (unpaired) electrons. The van der Waals surface area contributed by atoms with Gasteiger partial charge in [-0.1, -0.05) is 78.0 Å². The highest BCUT2D eigenvalue weighted by atomic mass is 16.6. The molecule has 2 saturated carbocycles. The maximum Gasteiger partial charge on any atom is 0.318 e. The molecule has 238 valence electrons. The molecule has 0 aromatic carbocycles. The van der Waals surface area contributed by atoms with Gasteiger partial charge in [-0.2, -0.15) is 0 Å². The summed E-state index contributed by atoms with van der Waals surface area (Å²) < 4.78 is 4.81. The summed E-state index contributed by atoms with van der Waals surface area (Å²) in [6, 6.07) is 0. The number of amides is 2. The van der Waals surface area contributed by atoms with E-state index in [2.05, 4.69) is 79.0 Å². The molecule has 0 aromatic rings. The molecule has 0 spiro atoms. The first-order valence-corrected chi connectivity index (χ1v) is 16.5. The van der Waals surface area contributed by atoms with Crippen LogP contribution in [0.3, 0.4) is 0 Å². The third-order valence-corrected chi connectivity index (χ3v) is 9.88. The average Bonchev–Trinajstić information content (AvgIpc) is 3.63. The normalized spacial score (nSPS) is 33.3. The van der Waals surface area contributed by atoms with Gasteiger partial charge in [0.05, 0.1) is 23.7 Å². The molecule has 2 unspecified atom stereocenters. The Bertz CT molecular complexity index is 1100. The lowest BCUT2D eigenvalue weighted by molar-refractivity contribution is -0.155. The van der Waals surface area contributed by atoms with E-state index in [1.165, 1.54) is 17.7 Å². The summed E-state index contributed by atoms with van der Waals surface area (Å²) in [6.07, 6.45) is 18.6. The van der Waals surface area contributed by atoms with Crippen molar-refractivity contribution < 1.29 is 23.9 Å². The summed E-state index contributed by atoms with van der Waals surface area (Å²) in [5.74, 6) is 1.52. The zero-order chi connectivity index (χ0) is 32.0. The molecule has 0 N–H and O–H groups in total. The highest BCUT2D eigenvalue weighted by molar-refractivity contribution is 6.05. The second-order valence-electron chi connectivity index (χ2n) is 14.5. The number of esters is 2. The van der Waals surface area contributed by atoms with Gasteiger partial charge in [0.25, 0.3) is 0 Å².